The number of sulfone groups is 1. The number of alkyl halides is 3. The third-order valence-electron chi connectivity index (χ3n) is 2.27. The third-order valence-corrected chi connectivity index (χ3v) is 3.87. The zero-order chi connectivity index (χ0) is 14.7. The van der Waals surface area contributed by atoms with Crippen LogP contribution < -0.4 is 0 Å². The van der Waals surface area contributed by atoms with Crippen LogP contribution in [0.3, 0.4) is 0 Å². The van der Waals surface area contributed by atoms with Gasteiger partial charge in [0.1, 0.15) is 0 Å². The molecule has 0 saturated heterocycles. The van der Waals surface area contributed by atoms with Gasteiger partial charge in [-0.3, -0.25) is 4.79 Å². The van der Waals surface area contributed by atoms with E-state index in [-0.39, 0.29) is 5.56 Å². The average molecular weight is 296 g/mol. The minimum Gasteiger partial charge on any atom is -0.481 e. The van der Waals surface area contributed by atoms with Crippen LogP contribution in [-0.2, 0) is 26.6 Å². The second-order valence-corrected chi connectivity index (χ2v) is 6.12. The molecule has 8 heteroatoms. The van der Waals surface area contributed by atoms with E-state index in [1.165, 1.54) is 6.07 Å². The SMILES string of the molecule is O=C(O)CCS(=O)(=O)Cc1cccc(C(F)(F)F)c1. The lowest BCUT2D eigenvalue weighted by Crippen LogP contribution is -2.13. The van der Waals surface area contributed by atoms with Crippen molar-refractivity contribution in [3.8, 4) is 0 Å². The van der Waals surface area contributed by atoms with E-state index in [1.807, 2.05) is 0 Å². The second-order valence-electron chi connectivity index (χ2n) is 3.93. The molecule has 0 atom stereocenters. The van der Waals surface area contributed by atoms with E-state index in [0.717, 1.165) is 18.2 Å². The van der Waals surface area contributed by atoms with Crippen molar-refractivity contribution in [3.63, 3.8) is 0 Å². The molecule has 1 N–H and O–H groups in total. The molecule has 1 aromatic carbocycles. The van der Waals surface area contributed by atoms with Gasteiger partial charge in [0.05, 0.1) is 23.5 Å². The summed E-state index contributed by atoms with van der Waals surface area (Å²) in [5.74, 6) is -2.48. The Labute approximate surface area is 107 Å². The minimum absolute atomic E-state index is 0.0137. The summed E-state index contributed by atoms with van der Waals surface area (Å²) in [4.78, 5) is 10.3. The van der Waals surface area contributed by atoms with Crippen molar-refractivity contribution in [2.45, 2.75) is 18.3 Å². The molecule has 0 saturated carbocycles. The molecular formula is C11H11F3O4S. The molecule has 0 aliphatic carbocycles. The van der Waals surface area contributed by atoms with E-state index in [1.54, 1.807) is 0 Å². The molecule has 0 heterocycles. The predicted molar refractivity (Wildman–Crippen MR) is 61.2 cm³/mol. The lowest BCUT2D eigenvalue weighted by molar-refractivity contribution is -0.138. The van der Waals surface area contributed by atoms with Crippen molar-refractivity contribution in [3.05, 3.63) is 35.4 Å². The number of carboxylic acid groups (broad SMARTS) is 1. The summed E-state index contributed by atoms with van der Waals surface area (Å²) in [5.41, 5.74) is -0.946. The van der Waals surface area contributed by atoms with E-state index in [4.69, 9.17) is 5.11 Å². The average Bonchev–Trinajstić information content (AvgIpc) is 2.25. The van der Waals surface area contributed by atoms with Crippen LogP contribution in [0.2, 0.25) is 0 Å². The highest BCUT2D eigenvalue weighted by Gasteiger charge is 2.30. The first-order valence-corrected chi connectivity index (χ1v) is 7.01. The van der Waals surface area contributed by atoms with Gasteiger partial charge in [-0.25, -0.2) is 8.42 Å². The van der Waals surface area contributed by atoms with E-state index < -0.39 is 45.5 Å². The van der Waals surface area contributed by atoms with Crippen LogP contribution in [0.5, 0.6) is 0 Å². The van der Waals surface area contributed by atoms with Crippen molar-refractivity contribution >= 4 is 15.8 Å². The van der Waals surface area contributed by atoms with Gasteiger partial charge in [0.2, 0.25) is 0 Å². The fourth-order valence-corrected chi connectivity index (χ4v) is 2.72. The fraction of sp³-hybridized carbons (Fsp3) is 0.364. The molecule has 0 aliphatic heterocycles. The van der Waals surface area contributed by atoms with Crippen molar-refractivity contribution in [1.82, 2.24) is 0 Å². The molecule has 0 bridgehead atoms. The quantitative estimate of drug-likeness (QED) is 0.903. The van der Waals surface area contributed by atoms with Gasteiger partial charge in [-0.05, 0) is 11.6 Å². The van der Waals surface area contributed by atoms with Gasteiger partial charge in [0, 0.05) is 0 Å². The van der Waals surface area contributed by atoms with Gasteiger partial charge < -0.3 is 5.11 Å². The maximum absolute atomic E-state index is 12.4. The maximum atomic E-state index is 12.4. The summed E-state index contributed by atoms with van der Waals surface area (Å²) in [7, 11) is -3.74. The van der Waals surface area contributed by atoms with Crippen molar-refractivity contribution < 1.29 is 31.5 Å². The summed E-state index contributed by atoms with van der Waals surface area (Å²) >= 11 is 0. The molecule has 0 aliphatic rings. The van der Waals surface area contributed by atoms with Crippen LogP contribution >= 0.6 is 0 Å². The van der Waals surface area contributed by atoms with Crippen molar-refractivity contribution in [1.29, 1.82) is 0 Å². The largest absolute Gasteiger partial charge is 0.481 e. The monoisotopic (exact) mass is 296 g/mol. The van der Waals surface area contributed by atoms with Gasteiger partial charge >= 0.3 is 12.1 Å². The third kappa shape index (κ3) is 5.29. The maximum Gasteiger partial charge on any atom is 0.416 e. The number of hydrogen-bond acceptors (Lipinski definition) is 3. The highest BCUT2D eigenvalue weighted by Crippen LogP contribution is 2.29. The molecule has 106 valence electrons. The number of rotatable bonds is 5. The van der Waals surface area contributed by atoms with Crippen molar-refractivity contribution in [2.24, 2.45) is 0 Å². The van der Waals surface area contributed by atoms with E-state index in [0.29, 0.717) is 0 Å². The van der Waals surface area contributed by atoms with Gasteiger partial charge in [-0.2, -0.15) is 13.2 Å². The highest BCUT2D eigenvalue weighted by molar-refractivity contribution is 7.90. The summed E-state index contributed by atoms with van der Waals surface area (Å²) in [6, 6.07) is 3.96. The van der Waals surface area contributed by atoms with E-state index in [9.17, 15) is 26.4 Å². The summed E-state index contributed by atoms with van der Waals surface area (Å²) in [6.07, 6.45) is -5.11. The molecular weight excluding hydrogens is 285 g/mol. The number of hydrogen-bond donors (Lipinski definition) is 1. The first kappa shape index (κ1) is 15.5. The lowest BCUT2D eigenvalue weighted by atomic mass is 10.1. The zero-order valence-corrected chi connectivity index (χ0v) is 10.5. The zero-order valence-electron chi connectivity index (χ0n) is 9.64. The molecule has 1 aromatic rings. The molecule has 19 heavy (non-hydrogen) atoms. The molecule has 0 unspecified atom stereocenters. The number of aliphatic carboxylic acids is 1. The molecule has 1 rings (SSSR count). The number of carboxylic acids is 1. The fourth-order valence-electron chi connectivity index (χ4n) is 1.41. The van der Waals surface area contributed by atoms with Gasteiger partial charge in [0.15, 0.2) is 9.84 Å². The first-order chi connectivity index (χ1) is 8.60. The van der Waals surface area contributed by atoms with E-state index >= 15 is 0 Å². The van der Waals surface area contributed by atoms with Gasteiger partial charge in [0.25, 0.3) is 0 Å². The molecule has 0 aromatic heterocycles. The Morgan fingerprint density at radius 3 is 2.42 bits per heavy atom. The lowest BCUT2D eigenvalue weighted by Gasteiger charge is -2.09. The Kier molecular flexibility index (Phi) is 4.56. The second kappa shape index (κ2) is 5.60. The predicted octanol–water partition coefficient (Wildman–Crippen LogP) is 2.09. The van der Waals surface area contributed by atoms with Crippen LogP contribution in [0.4, 0.5) is 13.2 Å². The Morgan fingerprint density at radius 1 is 1.26 bits per heavy atom. The van der Waals surface area contributed by atoms with Gasteiger partial charge in [-0.1, -0.05) is 18.2 Å². The Bertz CT molecular complexity index is 564. The first-order valence-electron chi connectivity index (χ1n) is 5.18. The number of benzene rings is 1. The smallest absolute Gasteiger partial charge is 0.416 e. The van der Waals surface area contributed by atoms with E-state index in [2.05, 4.69) is 0 Å². The highest BCUT2D eigenvalue weighted by atomic mass is 32.2. The topological polar surface area (TPSA) is 71.4 Å². The van der Waals surface area contributed by atoms with Crippen LogP contribution in [-0.4, -0.2) is 25.2 Å². The molecule has 0 fully saturated rings. The molecule has 0 radical (unpaired) electrons. The van der Waals surface area contributed by atoms with Crippen LogP contribution in [0.25, 0.3) is 0 Å². The van der Waals surface area contributed by atoms with Crippen LogP contribution in [0.1, 0.15) is 17.5 Å². The summed E-state index contributed by atoms with van der Waals surface area (Å²) in [6.45, 7) is 0. The minimum atomic E-state index is -4.54. The number of halogens is 3. The molecule has 0 spiro atoms. The Hall–Kier alpha value is -1.57. The standard InChI is InChI=1S/C11H11F3O4S/c12-11(13,14)9-3-1-2-8(6-9)7-19(17,18)5-4-10(15)16/h1-3,6H,4-5,7H2,(H,15,16). The summed E-state index contributed by atoms with van der Waals surface area (Å²) < 4.78 is 60.3. The van der Waals surface area contributed by atoms with Crippen molar-refractivity contribution in [2.75, 3.05) is 5.75 Å². The normalized spacial score (nSPS) is 12.4. The van der Waals surface area contributed by atoms with Gasteiger partial charge in [-0.15, -0.1) is 0 Å². The summed E-state index contributed by atoms with van der Waals surface area (Å²) in [5, 5.41) is 8.38. The number of carbonyl (C=O) groups is 1. The molecule has 0 amide bonds. The Morgan fingerprint density at radius 2 is 1.89 bits per heavy atom. The van der Waals surface area contributed by atoms with Crippen LogP contribution in [0.15, 0.2) is 24.3 Å². The van der Waals surface area contributed by atoms with Crippen LogP contribution in [0, 0.1) is 0 Å². The molecule has 4 nitrogen and oxygen atoms in total. The Balaban J connectivity index is 2.85.